The van der Waals surface area contributed by atoms with Gasteiger partial charge in [-0.05, 0) is 6.92 Å². The summed E-state index contributed by atoms with van der Waals surface area (Å²) in [6.07, 6.45) is -3.07. The Morgan fingerprint density at radius 1 is 1.33 bits per heavy atom. The summed E-state index contributed by atoms with van der Waals surface area (Å²) < 4.78 is 5.15. The average molecular weight is 177 g/mol. The van der Waals surface area contributed by atoms with Gasteiger partial charge in [-0.3, -0.25) is 0 Å². The summed E-state index contributed by atoms with van der Waals surface area (Å²) >= 11 is 0. The maximum absolute atomic E-state index is 9.35. The first-order valence-corrected chi connectivity index (χ1v) is 3.96. The van der Waals surface area contributed by atoms with Crippen LogP contribution in [-0.4, -0.2) is 52.4 Å². The molecule has 5 heteroatoms. The lowest BCUT2D eigenvalue weighted by Crippen LogP contribution is -2.61. The smallest absolute Gasteiger partial charge is 0.107 e. The summed E-state index contributed by atoms with van der Waals surface area (Å²) in [6.45, 7) is 1.39. The molecule has 1 unspecified atom stereocenters. The molecule has 1 fully saturated rings. The summed E-state index contributed by atoms with van der Waals surface area (Å²) in [4.78, 5) is 0. The highest BCUT2D eigenvalue weighted by molar-refractivity contribution is 4.92. The number of aliphatic hydroxyl groups is 3. The van der Waals surface area contributed by atoms with Crippen molar-refractivity contribution in [3.05, 3.63) is 0 Å². The molecule has 1 rings (SSSR count). The van der Waals surface area contributed by atoms with Crippen LogP contribution in [-0.2, 0) is 4.74 Å². The highest BCUT2D eigenvalue weighted by Crippen LogP contribution is 2.18. The van der Waals surface area contributed by atoms with Crippen molar-refractivity contribution in [2.45, 2.75) is 37.4 Å². The predicted octanol–water partition coefficient (Wildman–Crippen LogP) is -2.18. The van der Waals surface area contributed by atoms with E-state index in [4.69, 9.17) is 15.6 Å². The number of hydrogen-bond donors (Lipinski definition) is 4. The van der Waals surface area contributed by atoms with E-state index in [9.17, 15) is 10.2 Å². The molecular formula is C7H15NO4. The minimum atomic E-state index is -1.02. The van der Waals surface area contributed by atoms with Gasteiger partial charge in [0.25, 0.3) is 0 Å². The zero-order chi connectivity index (χ0) is 9.30. The van der Waals surface area contributed by atoms with Gasteiger partial charge in [0.15, 0.2) is 0 Å². The fraction of sp³-hybridized carbons (Fsp3) is 1.00. The summed E-state index contributed by atoms with van der Waals surface area (Å²) in [5.74, 6) is 0. The van der Waals surface area contributed by atoms with E-state index in [1.165, 1.54) is 0 Å². The Balaban J connectivity index is 2.63. The van der Waals surface area contributed by atoms with Gasteiger partial charge < -0.3 is 25.8 Å². The minimum absolute atomic E-state index is 0.241. The first-order valence-electron chi connectivity index (χ1n) is 3.96. The zero-order valence-electron chi connectivity index (χ0n) is 6.92. The van der Waals surface area contributed by atoms with Crippen LogP contribution in [0.3, 0.4) is 0 Å². The second kappa shape index (κ2) is 3.68. The molecule has 1 saturated heterocycles. The van der Waals surface area contributed by atoms with Gasteiger partial charge in [0.05, 0.1) is 24.9 Å². The van der Waals surface area contributed by atoms with Crippen molar-refractivity contribution < 1.29 is 20.1 Å². The standard InChI is InChI=1S/C7H15NO4/c1-3-6(10)7(11)5(8)4(2-9)12-3/h3-7,9-11H,2,8H2,1H3/t3-,4+,5?,6-,7-/m0/s1. The number of nitrogens with two attached hydrogens (primary N) is 1. The molecule has 1 aliphatic heterocycles. The Bertz CT molecular complexity index is 150. The van der Waals surface area contributed by atoms with Gasteiger partial charge >= 0.3 is 0 Å². The zero-order valence-corrected chi connectivity index (χ0v) is 6.92. The number of aliphatic hydroxyl groups excluding tert-OH is 3. The van der Waals surface area contributed by atoms with Crippen LogP contribution in [0.25, 0.3) is 0 Å². The van der Waals surface area contributed by atoms with Crippen LogP contribution in [0.4, 0.5) is 0 Å². The number of hydrogen-bond acceptors (Lipinski definition) is 5. The van der Waals surface area contributed by atoms with E-state index in [1.807, 2.05) is 0 Å². The minimum Gasteiger partial charge on any atom is -0.394 e. The molecule has 5 nitrogen and oxygen atoms in total. The van der Waals surface area contributed by atoms with Gasteiger partial charge in [-0.2, -0.15) is 0 Å². The Hall–Kier alpha value is -0.200. The molecule has 0 amide bonds. The maximum atomic E-state index is 9.35. The van der Waals surface area contributed by atoms with Crippen LogP contribution in [0.15, 0.2) is 0 Å². The fourth-order valence-electron chi connectivity index (χ4n) is 1.34. The van der Waals surface area contributed by atoms with Crippen molar-refractivity contribution in [3.63, 3.8) is 0 Å². The van der Waals surface area contributed by atoms with E-state index in [0.717, 1.165) is 0 Å². The van der Waals surface area contributed by atoms with Crippen LogP contribution in [0.5, 0.6) is 0 Å². The van der Waals surface area contributed by atoms with Crippen LogP contribution in [0.2, 0.25) is 0 Å². The molecule has 0 aromatic heterocycles. The topological polar surface area (TPSA) is 95.9 Å². The Morgan fingerprint density at radius 2 is 1.92 bits per heavy atom. The molecule has 0 aromatic rings. The first kappa shape index (κ1) is 9.88. The molecule has 0 aromatic carbocycles. The van der Waals surface area contributed by atoms with Crippen molar-refractivity contribution >= 4 is 0 Å². The van der Waals surface area contributed by atoms with E-state index >= 15 is 0 Å². The monoisotopic (exact) mass is 177 g/mol. The van der Waals surface area contributed by atoms with Gasteiger partial charge in [-0.25, -0.2) is 0 Å². The molecule has 0 radical (unpaired) electrons. The Labute approximate surface area is 70.8 Å². The number of rotatable bonds is 1. The molecule has 72 valence electrons. The molecule has 0 saturated carbocycles. The molecule has 1 heterocycles. The SMILES string of the molecule is C[C@@H]1O[C@H](CO)C(N)[C@H](O)[C@H]1O. The second-order valence-corrected chi connectivity index (χ2v) is 3.12. The average Bonchev–Trinajstić information content (AvgIpc) is 2.08. The lowest BCUT2D eigenvalue weighted by Gasteiger charge is -2.39. The van der Waals surface area contributed by atoms with Crippen molar-refractivity contribution in [1.82, 2.24) is 0 Å². The van der Waals surface area contributed by atoms with Crippen LogP contribution < -0.4 is 5.73 Å². The van der Waals surface area contributed by atoms with Crippen LogP contribution >= 0.6 is 0 Å². The third kappa shape index (κ3) is 1.60. The second-order valence-electron chi connectivity index (χ2n) is 3.12. The highest BCUT2D eigenvalue weighted by atomic mass is 16.5. The lowest BCUT2D eigenvalue weighted by molar-refractivity contribution is -0.180. The van der Waals surface area contributed by atoms with E-state index in [0.29, 0.717) is 0 Å². The first-order chi connectivity index (χ1) is 5.57. The van der Waals surface area contributed by atoms with Gasteiger partial charge in [-0.1, -0.05) is 0 Å². The predicted molar refractivity (Wildman–Crippen MR) is 41.4 cm³/mol. The molecule has 5 N–H and O–H groups in total. The molecule has 12 heavy (non-hydrogen) atoms. The summed E-state index contributed by atoms with van der Waals surface area (Å²) in [7, 11) is 0. The molecule has 0 bridgehead atoms. The van der Waals surface area contributed by atoms with E-state index in [-0.39, 0.29) is 6.61 Å². The third-order valence-corrected chi connectivity index (χ3v) is 2.22. The van der Waals surface area contributed by atoms with E-state index < -0.39 is 30.5 Å². The van der Waals surface area contributed by atoms with E-state index in [1.54, 1.807) is 6.92 Å². The van der Waals surface area contributed by atoms with Crippen molar-refractivity contribution in [2.24, 2.45) is 5.73 Å². The maximum Gasteiger partial charge on any atom is 0.107 e. The van der Waals surface area contributed by atoms with Crippen LogP contribution in [0.1, 0.15) is 6.92 Å². The fourth-order valence-corrected chi connectivity index (χ4v) is 1.34. The summed E-state index contributed by atoms with van der Waals surface area (Å²) in [5.41, 5.74) is 5.49. The summed E-state index contributed by atoms with van der Waals surface area (Å²) in [6, 6.07) is -0.721. The van der Waals surface area contributed by atoms with Gasteiger partial charge in [-0.15, -0.1) is 0 Å². The Kier molecular flexibility index (Phi) is 3.03. The van der Waals surface area contributed by atoms with Crippen LogP contribution in [0, 0.1) is 0 Å². The quantitative estimate of drug-likeness (QED) is 0.365. The van der Waals surface area contributed by atoms with E-state index in [2.05, 4.69) is 0 Å². The molecule has 5 atom stereocenters. The Morgan fingerprint density at radius 3 is 2.42 bits per heavy atom. The van der Waals surface area contributed by atoms with Gasteiger partial charge in [0.1, 0.15) is 12.2 Å². The van der Waals surface area contributed by atoms with Gasteiger partial charge in [0.2, 0.25) is 0 Å². The summed E-state index contributed by atoms with van der Waals surface area (Å²) in [5, 5.41) is 27.4. The normalized spacial score (nSPS) is 49.2. The highest BCUT2D eigenvalue weighted by Gasteiger charge is 2.39. The largest absolute Gasteiger partial charge is 0.394 e. The van der Waals surface area contributed by atoms with Gasteiger partial charge in [0, 0.05) is 0 Å². The molecule has 0 spiro atoms. The molecule has 1 aliphatic rings. The third-order valence-electron chi connectivity index (χ3n) is 2.22. The lowest BCUT2D eigenvalue weighted by atomic mass is 9.94. The van der Waals surface area contributed by atoms with Crippen molar-refractivity contribution in [3.8, 4) is 0 Å². The molecule has 0 aliphatic carbocycles. The van der Waals surface area contributed by atoms with Crippen molar-refractivity contribution in [2.75, 3.05) is 6.61 Å². The van der Waals surface area contributed by atoms with Crippen molar-refractivity contribution in [1.29, 1.82) is 0 Å². The molecular weight excluding hydrogens is 162 g/mol. The number of ether oxygens (including phenoxy) is 1.